The largest absolute Gasteiger partial charge is 0.362 e. The van der Waals surface area contributed by atoms with Crippen molar-refractivity contribution in [3.8, 4) is 0 Å². The number of pyridine rings is 1. The van der Waals surface area contributed by atoms with Crippen LogP contribution in [-0.4, -0.2) is 46.5 Å². The van der Waals surface area contributed by atoms with Gasteiger partial charge in [0.2, 0.25) is 0 Å². The summed E-state index contributed by atoms with van der Waals surface area (Å²) in [6.45, 7) is 1.58. The van der Waals surface area contributed by atoms with E-state index in [9.17, 15) is 24.1 Å². The van der Waals surface area contributed by atoms with E-state index in [1.54, 1.807) is 47.4 Å². The second kappa shape index (κ2) is 9.30. The first kappa shape index (κ1) is 22.7. The fraction of sp³-hybridized carbons (Fsp3) is 0.200. The third-order valence-corrected chi connectivity index (χ3v) is 7.03. The SMILES string of the molecule is O=C(c1cccs1)N1CCN(c2c([N+](=O)[O-])c(=O)n(Cc3ccc(F)cc3)c3ccccc23)CC1. The predicted octanol–water partition coefficient (Wildman–Crippen LogP) is 4.12. The van der Waals surface area contributed by atoms with Gasteiger partial charge in [-0.2, -0.15) is 0 Å². The first-order valence-electron chi connectivity index (χ1n) is 11.1. The number of halogens is 1. The van der Waals surface area contributed by atoms with Crippen LogP contribution in [0.1, 0.15) is 15.2 Å². The van der Waals surface area contributed by atoms with Crippen molar-refractivity contribution in [2.24, 2.45) is 0 Å². The number of nitro groups is 1. The van der Waals surface area contributed by atoms with Crippen molar-refractivity contribution in [3.63, 3.8) is 0 Å². The molecule has 1 fully saturated rings. The topological polar surface area (TPSA) is 88.7 Å². The third kappa shape index (κ3) is 4.28. The molecule has 1 aliphatic heterocycles. The number of carbonyl (C=O) groups excluding carboxylic acids is 1. The van der Waals surface area contributed by atoms with Gasteiger partial charge in [0.1, 0.15) is 11.5 Å². The number of aromatic nitrogens is 1. The first-order chi connectivity index (χ1) is 16.9. The number of amides is 1. The molecule has 4 aromatic rings. The quantitative estimate of drug-likeness (QED) is 0.309. The maximum absolute atomic E-state index is 13.4. The molecule has 0 unspecified atom stereocenters. The van der Waals surface area contributed by atoms with Gasteiger partial charge in [-0.25, -0.2) is 4.39 Å². The molecule has 1 saturated heterocycles. The highest BCUT2D eigenvalue weighted by molar-refractivity contribution is 7.12. The summed E-state index contributed by atoms with van der Waals surface area (Å²) in [5.74, 6) is -0.460. The van der Waals surface area contributed by atoms with Crippen molar-refractivity contribution in [1.82, 2.24) is 9.47 Å². The lowest BCUT2D eigenvalue weighted by molar-refractivity contribution is -0.385. The average molecular weight is 493 g/mol. The molecule has 8 nitrogen and oxygen atoms in total. The van der Waals surface area contributed by atoms with E-state index in [0.717, 1.165) is 0 Å². The highest BCUT2D eigenvalue weighted by Gasteiger charge is 2.32. The summed E-state index contributed by atoms with van der Waals surface area (Å²) in [4.78, 5) is 41.9. The molecule has 0 aliphatic carbocycles. The molecular formula is C25H21FN4O4S. The van der Waals surface area contributed by atoms with E-state index in [2.05, 4.69) is 0 Å². The third-order valence-electron chi connectivity index (χ3n) is 6.17. The number of hydrogen-bond acceptors (Lipinski definition) is 6. The molecule has 0 atom stereocenters. The van der Waals surface area contributed by atoms with Crippen LogP contribution in [0.15, 0.2) is 70.8 Å². The van der Waals surface area contributed by atoms with Crippen molar-refractivity contribution in [1.29, 1.82) is 0 Å². The molecule has 178 valence electrons. The Morgan fingerprint density at radius 3 is 2.37 bits per heavy atom. The zero-order chi connectivity index (χ0) is 24.5. The molecule has 5 rings (SSSR count). The summed E-state index contributed by atoms with van der Waals surface area (Å²) in [7, 11) is 0. The van der Waals surface area contributed by atoms with Crippen LogP contribution >= 0.6 is 11.3 Å². The van der Waals surface area contributed by atoms with Gasteiger partial charge in [0.05, 0.1) is 21.9 Å². The van der Waals surface area contributed by atoms with Crippen LogP contribution in [0.2, 0.25) is 0 Å². The van der Waals surface area contributed by atoms with E-state index in [1.165, 1.54) is 28.0 Å². The van der Waals surface area contributed by atoms with Crippen LogP contribution in [0.4, 0.5) is 15.8 Å². The summed E-state index contributed by atoms with van der Waals surface area (Å²) in [6, 6.07) is 16.4. The number of para-hydroxylation sites is 1. The lowest BCUT2D eigenvalue weighted by Gasteiger charge is -2.36. The van der Waals surface area contributed by atoms with E-state index in [4.69, 9.17) is 0 Å². The van der Waals surface area contributed by atoms with Gasteiger partial charge >= 0.3 is 11.2 Å². The Morgan fingerprint density at radius 2 is 1.71 bits per heavy atom. The zero-order valence-corrected chi connectivity index (χ0v) is 19.4. The Hall–Kier alpha value is -4.05. The zero-order valence-electron chi connectivity index (χ0n) is 18.6. The van der Waals surface area contributed by atoms with Crippen molar-refractivity contribution < 1.29 is 14.1 Å². The number of nitrogens with zero attached hydrogens (tertiary/aromatic N) is 4. The number of fused-ring (bicyclic) bond motifs is 1. The van der Waals surface area contributed by atoms with E-state index in [1.807, 2.05) is 16.3 Å². The summed E-state index contributed by atoms with van der Waals surface area (Å²) >= 11 is 1.38. The van der Waals surface area contributed by atoms with Gasteiger partial charge in [0.25, 0.3) is 5.91 Å². The smallest absolute Gasteiger partial charge is 0.357 e. The van der Waals surface area contributed by atoms with E-state index < -0.39 is 22.0 Å². The lowest BCUT2D eigenvalue weighted by atomic mass is 10.1. The van der Waals surface area contributed by atoms with Crippen LogP contribution in [0, 0.1) is 15.9 Å². The number of thiophene rings is 1. The number of rotatable bonds is 5. The van der Waals surface area contributed by atoms with Crippen LogP contribution < -0.4 is 10.5 Å². The van der Waals surface area contributed by atoms with Gasteiger partial charge in [-0.1, -0.05) is 36.4 Å². The number of piperazine rings is 1. The van der Waals surface area contributed by atoms with Gasteiger partial charge < -0.3 is 9.80 Å². The highest BCUT2D eigenvalue weighted by atomic mass is 32.1. The molecule has 0 spiro atoms. The molecule has 0 saturated carbocycles. The molecule has 2 aromatic heterocycles. The van der Waals surface area contributed by atoms with Crippen LogP contribution in [-0.2, 0) is 6.54 Å². The van der Waals surface area contributed by atoms with Crippen molar-refractivity contribution in [2.45, 2.75) is 6.54 Å². The van der Waals surface area contributed by atoms with Crippen molar-refractivity contribution in [3.05, 3.63) is 103 Å². The molecular weight excluding hydrogens is 471 g/mol. The van der Waals surface area contributed by atoms with Gasteiger partial charge in [-0.05, 0) is 35.2 Å². The summed E-state index contributed by atoms with van der Waals surface area (Å²) in [5, 5.41) is 14.6. The van der Waals surface area contributed by atoms with E-state index >= 15 is 0 Å². The maximum atomic E-state index is 13.4. The molecule has 1 aliphatic rings. The second-order valence-electron chi connectivity index (χ2n) is 8.25. The summed E-state index contributed by atoms with van der Waals surface area (Å²) in [6.07, 6.45) is 0. The predicted molar refractivity (Wildman–Crippen MR) is 133 cm³/mol. The minimum Gasteiger partial charge on any atom is -0.362 e. The van der Waals surface area contributed by atoms with Gasteiger partial charge in [0.15, 0.2) is 0 Å². The Kier molecular flexibility index (Phi) is 6.04. The maximum Gasteiger partial charge on any atom is 0.357 e. The molecule has 0 bridgehead atoms. The number of anilines is 1. The minimum atomic E-state index is -0.717. The fourth-order valence-electron chi connectivity index (χ4n) is 4.48. The first-order valence-corrected chi connectivity index (χ1v) is 11.9. The standard InChI is InChI=1S/C25H21FN4O4S/c26-18-9-7-17(8-10-18)16-29-20-5-2-1-4-19(20)22(23(25(29)32)30(33)34)27-11-13-28(14-12-27)24(31)21-6-3-15-35-21/h1-10,15H,11-14,16H2. The molecule has 0 radical (unpaired) electrons. The molecule has 2 aromatic carbocycles. The Morgan fingerprint density at radius 1 is 1.00 bits per heavy atom. The van der Waals surface area contributed by atoms with E-state index in [-0.39, 0.29) is 18.1 Å². The molecule has 10 heteroatoms. The Balaban J connectivity index is 1.54. The van der Waals surface area contributed by atoms with E-state index in [0.29, 0.717) is 47.5 Å². The summed E-state index contributed by atoms with van der Waals surface area (Å²) < 4.78 is 14.7. The van der Waals surface area contributed by atoms with Crippen LogP contribution in [0.3, 0.4) is 0 Å². The number of hydrogen-bond donors (Lipinski definition) is 0. The van der Waals surface area contributed by atoms with Crippen molar-refractivity contribution >= 4 is 39.5 Å². The Labute approximate surface area is 203 Å². The average Bonchev–Trinajstić information content (AvgIpc) is 3.41. The fourth-order valence-corrected chi connectivity index (χ4v) is 5.17. The van der Waals surface area contributed by atoms with Gasteiger partial charge in [0, 0.05) is 31.6 Å². The Bertz CT molecular complexity index is 1460. The number of benzene rings is 2. The molecule has 3 heterocycles. The second-order valence-corrected chi connectivity index (χ2v) is 9.19. The minimum absolute atomic E-state index is 0.0614. The lowest BCUT2D eigenvalue weighted by Crippen LogP contribution is -2.49. The van der Waals surface area contributed by atoms with Gasteiger partial charge in [-0.3, -0.25) is 24.3 Å². The van der Waals surface area contributed by atoms with Gasteiger partial charge in [-0.15, -0.1) is 11.3 Å². The van der Waals surface area contributed by atoms with Crippen LogP contribution in [0.25, 0.3) is 10.9 Å². The molecule has 0 N–H and O–H groups in total. The number of carbonyl (C=O) groups is 1. The van der Waals surface area contributed by atoms with Crippen LogP contribution in [0.5, 0.6) is 0 Å². The summed E-state index contributed by atoms with van der Waals surface area (Å²) in [5.41, 5.74) is 0.268. The normalized spacial score (nSPS) is 13.9. The highest BCUT2D eigenvalue weighted by Crippen LogP contribution is 2.34. The monoisotopic (exact) mass is 492 g/mol. The van der Waals surface area contributed by atoms with Crippen molar-refractivity contribution in [2.75, 3.05) is 31.1 Å². The molecule has 35 heavy (non-hydrogen) atoms. The molecule has 1 amide bonds.